The molecule has 0 saturated carbocycles. The summed E-state index contributed by atoms with van der Waals surface area (Å²) in [5, 5.41) is 11.2. The van der Waals surface area contributed by atoms with Gasteiger partial charge in [-0.2, -0.15) is 13.2 Å². The minimum absolute atomic E-state index is 0.299. The largest absolute Gasteiger partial charge is 0.401 e. The van der Waals surface area contributed by atoms with E-state index in [1.165, 1.54) is 18.7 Å². The molecule has 0 N–H and O–H groups in total. The van der Waals surface area contributed by atoms with Crippen molar-refractivity contribution in [2.24, 2.45) is 7.05 Å². The zero-order valence-corrected chi connectivity index (χ0v) is 13.3. The normalized spacial score (nSPS) is 17.7. The Bertz CT molecular complexity index is 539. The zero-order chi connectivity index (χ0) is 17.2. The van der Waals surface area contributed by atoms with Crippen LogP contribution in [-0.4, -0.2) is 87.9 Å². The van der Waals surface area contributed by atoms with Crippen LogP contribution in [0.3, 0.4) is 0 Å². The molecule has 0 radical (unpaired) electrons. The number of alkyl halides is 3. The number of piperazine rings is 1. The topological polar surface area (TPSA) is 70.4 Å². The van der Waals surface area contributed by atoms with Crippen molar-refractivity contribution >= 4 is 11.9 Å². The van der Waals surface area contributed by atoms with Crippen molar-refractivity contribution in [3.05, 3.63) is 0 Å². The van der Waals surface area contributed by atoms with Crippen molar-refractivity contribution in [1.29, 1.82) is 0 Å². The van der Waals surface area contributed by atoms with Gasteiger partial charge in [-0.25, -0.2) is 4.68 Å². The van der Waals surface area contributed by atoms with Crippen molar-refractivity contribution < 1.29 is 18.0 Å². The molecule has 1 aliphatic rings. The van der Waals surface area contributed by atoms with Gasteiger partial charge in [-0.05, 0) is 24.4 Å². The fraction of sp³-hybridized carbons (Fsp3) is 0.833. The number of nitrogens with zero attached hydrogens (tertiary/aromatic N) is 7. The molecule has 1 aromatic heterocycles. The Morgan fingerprint density at radius 2 is 1.91 bits per heavy atom. The van der Waals surface area contributed by atoms with Gasteiger partial charge < -0.3 is 9.80 Å². The number of hydrogen-bond donors (Lipinski definition) is 0. The van der Waals surface area contributed by atoms with E-state index < -0.39 is 18.8 Å². The second-order valence-corrected chi connectivity index (χ2v) is 5.62. The zero-order valence-electron chi connectivity index (χ0n) is 13.3. The predicted molar refractivity (Wildman–Crippen MR) is 75.7 cm³/mol. The lowest BCUT2D eigenvalue weighted by molar-refractivity contribution is -0.154. The van der Waals surface area contributed by atoms with Gasteiger partial charge in [-0.3, -0.25) is 9.69 Å². The molecule has 8 nitrogen and oxygen atoms in total. The van der Waals surface area contributed by atoms with Gasteiger partial charge in [0.25, 0.3) is 0 Å². The fourth-order valence-corrected chi connectivity index (χ4v) is 2.49. The van der Waals surface area contributed by atoms with E-state index in [0.717, 1.165) is 4.90 Å². The number of carbonyl (C=O) groups excluding carboxylic acids is 1. The molecule has 2 heterocycles. The van der Waals surface area contributed by atoms with Crippen LogP contribution in [0, 0.1) is 0 Å². The van der Waals surface area contributed by atoms with Gasteiger partial charge in [0.1, 0.15) is 0 Å². The minimum Gasteiger partial charge on any atom is -0.338 e. The van der Waals surface area contributed by atoms with Gasteiger partial charge in [0, 0.05) is 33.2 Å². The van der Waals surface area contributed by atoms with Gasteiger partial charge in [0.2, 0.25) is 11.9 Å². The van der Waals surface area contributed by atoms with Gasteiger partial charge in [-0.1, -0.05) is 5.10 Å². The Morgan fingerprint density at radius 3 is 2.39 bits per heavy atom. The number of rotatable bonds is 4. The van der Waals surface area contributed by atoms with Gasteiger partial charge >= 0.3 is 6.18 Å². The fourth-order valence-electron chi connectivity index (χ4n) is 2.49. The summed E-state index contributed by atoms with van der Waals surface area (Å²) in [4.78, 5) is 16.9. The molecule has 1 amide bonds. The molecule has 0 aliphatic carbocycles. The lowest BCUT2D eigenvalue weighted by atomic mass is 10.2. The number of hydrogen-bond acceptors (Lipinski definition) is 6. The third-order valence-electron chi connectivity index (χ3n) is 3.92. The summed E-state index contributed by atoms with van der Waals surface area (Å²) in [6.07, 6.45) is -4.32. The Kier molecular flexibility index (Phi) is 5.07. The molecule has 2 rings (SSSR count). The summed E-state index contributed by atoms with van der Waals surface area (Å²) >= 11 is 0. The number of amides is 1. The summed E-state index contributed by atoms with van der Waals surface area (Å²) in [7, 11) is 3.03. The molecule has 130 valence electrons. The van der Waals surface area contributed by atoms with Crippen LogP contribution in [0.2, 0.25) is 0 Å². The van der Waals surface area contributed by atoms with Crippen LogP contribution >= 0.6 is 0 Å². The number of likely N-dealkylation sites (N-methyl/N-ethyl adjacent to an activating group) is 1. The highest BCUT2D eigenvalue weighted by Gasteiger charge is 2.34. The molecule has 1 aromatic rings. The van der Waals surface area contributed by atoms with Crippen LogP contribution in [0.25, 0.3) is 0 Å². The van der Waals surface area contributed by atoms with E-state index in [-0.39, 0.29) is 5.91 Å². The molecule has 1 unspecified atom stereocenters. The van der Waals surface area contributed by atoms with Crippen LogP contribution < -0.4 is 4.90 Å². The van der Waals surface area contributed by atoms with Crippen LogP contribution in [0.15, 0.2) is 0 Å². The molecule has 1 fully saturated rings. The SMILES string of the molecule is CC(C(=O)N1CCN(c2nnnn2C)CC1)N(C)CC(F)(F)F. The van der Waals surface area contributed by atoms with Gasteiger partial charge in [-0.15, -0.1) is 0 Å². The van der Waals surface area contributed by atoms with Crippen molar-refractivity contribution in [2.75, 3.05) is 44.7 Å². The first-order valence-electron chi connectivity index (χ1n) is 7.22. The standard InChI is InChI=1S/C12H20F3N7O/c1-9(19(2)8-12(13,14)15)10(23)21-4-6-22(7-5-21)11-16-17-18-20(11)3/h9H,4-8H2,1-3H3. The number of carbonyl (C=O) groups is 1. The molecule has 1 atom stereocenters. The molecular formula is C12H20F3N7O. The smallest absolute Gasteiger partial charge is 0.338 e. The van der Waals surface area contributed by atoms with Gasteiger partial charge in [0.05, 0.1) is 12.6 Å². The first kappa shape index (κ1) is 17.4. The predicted octanol–water partition coefficient (Wildman–Crippen LogP) is -0.259. The highest BCUT2D eigenvalue weighted by atomic mass is 19.4. The molecular weight excluding hydrogens is 315 g/mol. The number of anilines is 1. The van der Waals surface area contributed by atoms with Gasteiger partial charge in [0.15, 0.2) is 0 Å². The summed E-state index contributed by atoms with van der Waals surface area (Å²) in [6, 6.07) is -0.820. The Hall–Kier alpha value is -1.91. The lowest BCUT2D eigenvalue weighted by Gasteiger charge is -2.37. The highest BCUT2D eigenvalue weighted by molar-refractivity contribution is 5.81. The second-order valence-electron chi connectivity index (χ2n) is 5.62. The summed E-state index contributed by atoms with van der Waals surface area (Å²) in [6.45, 7) is 2.31. The van der Waals surface area contributed by atoms with Crippen molar-refractivity contribution in [2.45, 2.75) is 19.1 Å². The van der Waals surface area contributed by atoms with E-state index in [4.69, 9.17) is 0 Å². The average Bonchev–Trinajstić information content (AvgIpc) is 2.90. The Labute approximate surface area is 131 Å². The van der Waals surface area contributed by atoms with E-state index in [2.05, 4.69) is 15.5 Å². The maximum absolute atomic E-state index is 12.4. The maximum atomic E-state index is 12.4. The van der Waals surface area contributed by atoms with Crippen molar-refractivity contribution in [3.63, 3.8) is 0 Å². The van der Waals surface area contributed by atoms with E-state index in [1.807, 2.05) is 4.90 Å². The van der Waals surface area contributed by atoms with Crippen molar-refractivity contribution in [1.82, 2.24) is 30.0 Å². The van der Waals surface area contributed by atoms with Crippen LogP contribution in [0.5, 0.6) is 0 Å². The summed E-state index contributed by atoms with van der Waals surface area (Å²) in [5.74, 6) is 0.312. The first-order valence-corrected chi connectivity index (χ1v) is 7.22. The lowest BCUT2D eigenvalue weighted by Crippen LogP contribution is -2.54. The molecule has 1 aliphatic heterocycles. The summed E-state index contributed by atoms with van der Waals surface area (Å²) < 4.78 is 38.8. The highest BCUT2D eigenvalue weighted by Crippen LogP contribution is 2.18. The van der Waals surface area contributed by atoms with E-state index in [9.17, 15) is 18.0 Å². The quantitative estimate of drug-likeness (QED) is 0.755. The average molecular weight is 335 g/mol. The number of tetrazole rings is 1. The molecule has 0 aromatic carbocycles. The van der Waals surface area contributed by atoms with E-state index in [1.54, 1.807) is 11.9 Å². The Morgan fingerprint density at radius 1 is 1.30 bits per heavy atom. The van der Waals surface area contributed by atoms with E-state index >= 15 is 0 Å². The number of halogens is 3. The van der Waals surface area contributed by atoms with Crippen LogP contribution in [0.4, 0.5) is 19.1 Å². The maximum Gasteiger partial charge on any atom is 0.401 e. The monoisotopic (exact) mass is 335 g/mol. The second kappa shape index (κ2) is 6.69. The van der Waals surface area contributed by atoms with E-state index in [0.29, 0.717) is 32.1 Å². The molecule has 23 heavy (non-hydrogen) atoms. The number of aromatic nitrogens is 4. The Balaban J connectivity index is 1.89. The third kappa shape index (κ3) is 4.30. The molecule has 1 saturated heterocycles. The molecule has 11 heteroatoms. The molecule has 0 spiro atoms. The number of aryl methyl sites for hydroxylation is 1. The summed E-state index contributed by atoms with van der Waals surface area (Å²) in [5.41, 5.74) is 0. The molecule has 0 bridgehead atoms. The van der Waals surface area contributed by atoms with Crippen LogP contribution in [-0.2, 0) is 11.8 Å². The first-order chi connectivity index (χ1) is 10.7. The van der Waals surface area contributed by atoms with Crippen molar-refractivity contribution in [3.8, 4) is 0 Å². The van der Waals surface area contributed by atoms with Crippen LogP contribution in [0.1, 0.15) is 6.92 Å². The minimum atomic E-state index is -4.32. The third-order valence-corrected chi connectivity index (χ3v) is 3.92.